The summed E-state index contributed by atoms with van der Waals surface area (Å²) in [5, 5.41) is 0. The van der Waals surface area contributed by atoms with Gasteiger partial charge in [0.2, 0.25) is 10.0 Å². The van der Waals surface area contributed by atoms with Gasteiger partial charge in [0.05, 0.1) is 5.75 Å². The second kappa shape index (κ2) is 5.17. The van der Waals surface area contributed by atoms with Crippen LogP contribution in [0, 0.1) is 5.92 Å². The number of nitrogens with one attached hydrogen (secondary N) is 1. The van der Waals surface area contributed by atoms with Crippen LogP contribution >= 0.6 is 11.6 Å². The fraction of sp³-hybridized carbons (Fsp3) is 1.00. The highest BCUT2D eigenvalue weighted by molar-refractivity contribution is 7.89. The molecule has 0 aliphatic heterocycles. The first-order valence-electron chi connectivity index (χ1n) is 4.67. The van der Waals surface area contributed by atoms with Gasteiger partial charge in [-0.3, -0.25) is 0 Å². The normalized spacial score (nSPS) is 19.5. The van der Waals surface area contributed by atoms with Crippen molar-refractivity contribution in [1.29, 1.82) is 0 Å². The lowest BCUT2D eigenvalue weighted by molar-refractivity contribution is 0.520. The fourth-order valence-electron chi connectivity index (χ4n) is 1.63. The van der Waals surface area contributed by atoms with Gasteiger partial charge in [-0.2, -0.15) is 0 Å². The van der Waals surface area contributed by atoms with Crippen LogP contribution in [0.1, 0.15) is 25.7 Å². The molecule has 1 fully saturated rings. The van der Waals surface area contributed by atoms with E-state index in [9.17, 15) is 8.42 Å². The van der Waals surface area contributed by atoms with Gasteiger partial charge in [-0.05, 0) is 18.8 Å². The summed E-state index contributed by atoms with van der Waals surface area (Å²) in [6.07, 6.45) is 4.79. The van der Waals surface area contributed by atoms with Crippen molar-refractivity contribution in [2.75, 3.05) is 18.2 Å². The Balaban J connectivity index is 2.24. The molecular weight excluding hydrogens is 210 g/mol. The molecule has 13 heavy (non-hydrogen) atoms. The molecule has 0 radical (unpaired) electrons. The molecule has 0 aromatic heterocycles. The first-order valence-corrected chi connectivity index (χ1v) is 6.86. The Labute approximate surface area is 84.9 Å². The number of rotatable bonds is 5. The zero-order valence-corrected chi connectivity index (χ0v) is 9.20. The molecular formula is C8H16ClNO2S. The Morgan fingerprint density at radius 2 is 1.92 bits per heavy atom. The van der Waals surface area contributed by atoms with E-state index in [0.717, 1.165) is 12.8 Å². The van der Waals surface area contributed by atoms with Crippen molar-refractivity contribution < 1.29 is 8.42 Å². The molecule has 3 nitrogen and oxygen atoms in total. The molecule has 0 aromatic rings. The average molecular weight is 226 g/mol. The van der Waals surface area contributed by atoms with Crippen LogP contribution in [0.2, 0.25) is 0 Å². The van der Waals surface area contributed by atoms with Gasteiger partial charge in [-0.25, -0.2) is 13.1 Å². The smallest absolute Gasteiger partial charge is 0.212 e. The summed E-state index contributed by atoms with van der Waals surface area (Å²) in [6.45, 7) is 0.596. The van der Waals surface area contributed by atoms with Crippen LogP contribution < -0.4 is 4.72 Å². The van der Waals surface area contributed by atoms with Crippen molar-refractivity contribution in [2.24, 2.45) is 5.92 Å². The van der Waals surface area contributed by atoms with E-state index in [-0.39, 0.29) is 11.6 Å². The molecule has 0 unspecified atom stereocenters. The highest BCUT2D eigenvalue weighted by atomic mass is 35.5. The summed E-state index contributed by atoms with van der Waals surface area (Å²) in [6, 6.07) is 0. The molecule has 5 heteroatoms. The molecule has 1 N–H and O–H groups in total. The molecule has 1 rings (SSSR count). The van der Waals surface area contributed by atoms with Gasteiger partial charge >= 0.3 is 0 Å². The molecule has 0 atom stereocenters. The summed E-state index contributed by atoms with van der Waals surface area (Å²) in [5.41, 5.74) is 0. The summed E-state index contributed by atoms with van der Waals surface area (Å²) in [4.78, 5) is 0. The Hall–Kier alpha value is 0.200. The Kier molecular flexibility index (Phi) is 4.49. The number of alkyl halides is 1. The minimum absolute atomic E-state index is 0.0290. The van der Waals surface area contributed by atoms with E-state index < -0.39 is 10.0 Å². The fourth-order valence-corrected chi connectivity index (χ4v) is 3.08. The lowest BCUT2D eigenvalue weighted by Gasteiger charge is -2.09. The largest absolute Gasteiger partial charge is 0.215 e. The van der Waals surface area contributed by atoms with E-state index in [1.54, 1.807) is 0 Å². The highest BCUT2D eigenvalue weighted by Crippen LogP contribution is 2.23. The van der Waals surface area contributed by atoms with Crippen molar-refractivity contribution in [2.45, 2.75) is 25.7 Å². The summed E-state index contributed by atoms with van der Waals surface area (Å²) in [7, 11) is -3.10. The summed E-state index contributed by atoms with van der Waals surface area (Å²) in [5.74, 6) is 0.742. The Morgan fingerprint density at radius 1 is 1.31 bits per heavy atom. The zero-order chi connectivity index (χ0) is 9.73. The van der Waals surface area contributed by atoms with Gasteiger partial charge in [-0.1, -0.05) is 12.8 Å². The van der Waals surface area contributed by atoms with E-state index >= 15 is 0 Å². The first kappa shape index (κ1) is 11.3. The Morgan fingerprint density at radius 3 is 2.46 bits per heavy atom. The maximum Gasteiger partial charge on any atom is 0.212 e. The second-order valence-electron chi connectivity index (χ2n) is 3.51. The van der Waals surface area contributed by atoms with Crippen LogP contribution in [-0.2, 0) is 10.0 Å². The highest BCUT2D eigenvalue weighted by Gasteiger charge is 2.17. The second-order valence-corrected chi connectivity index (χ2v) is 5.81. The quantitative estimate of drug-likeness (QED) is 0.718. The van der Waals surface area contributed by atoms with E-state index in [0.29, 0.717) is 12.5 Å². The summed E-state index contributed by atoms with van der Waals surface area (Å²) < 4.78 is 25.0. The average Bonchev–Trinajstić information content (AvgIpc) is 2.52. The minimum Gasteiger partial charge on any atom is -0.215 e. The third kappa shape index (κ3) is 4.29. The van der Waals surface area contributed by atoms with E-state index in [4.69, 9.17) is 11.6 Å². The Bertz CT molecular complexity index is 235. The number of sulfonamides is 1. The van der Waals surface area contributed by atoms with Crippen LogP contribution in [0.25, 0.3) is 0 Å². The molecule has 0 aromatic carbocycles. The molecule has 1 saturated carbocycles. The predicted octanol–water partition coefficient (Wildman–Crippen LogP) is 1.33. The molecule has 0 amide bonds. The maximum atomic E-state index is 11.2. The predicted molar refractivity (Wildman–Crippen MR) is 54.5 cm³/mol. The number of halogens is 1. The SMILES string of the molecule is O=S(=O)(CCCl)NCC1CCCC1. The molecule has 1 aliphatic rings. The number of hydrogen-bond acceptors (Lipinski definition) is 2. The molecule has 0 bridgehead atoms. The monoisotopic (exact) mass is 225 g/mol. The van der Waals surface area contributed by atoms with Gasteiger partial charge in [0.15, 0.2) is 0 Å². The molecule has 0 heterocycles. The van der Waals surface area contributed by atoms with Crippen LogP contribution in [0.15, 0.2) is 0 Å². The van der Waals surface area contributed by atoms with Gasteiger partial charge < -0.3 is 0 Å². The third-order valence-corrected chi connectivity index (χ3v) is 4.17. The lowest BCUT2D eigenvalue weighted by atomic mass is 10.1. The molecule has 0 spiro atoms. The molecule has 0 saturated heterocycles. The third-order valence-electron chi connectivity index (χ3n) is 2.41. The van der Waals surface area contributed by atoms with Crippen LogP contribution in [0.5, 0.6) is 0 Å². The summed E-state index contributed by atoms with van der Waals surface area (Å²) >= 11 is 5.36. The van der Waals surface area contributed by atoms with E-state index in [1.807, 2.05) is 0 Å². The van der Waals surface area contributed by atoms with Gasteiger partial charge in [0.1, 0.15) is 0 Å². The van der Waals surface area contributed by atoms with Crippen LogP contribution in [-0.4, -0.2) is 26.6 Å². The topological polar surface area (TPSA) is 46.2 Å². The molecule has 78 valence electrons. The van der Waals surface area contributed by atoms with Gasteiger partial charge in [0, 0.05) is 12.4 Å². The van der Waals surface area contributed by atoms with E-state index in [1.165, 1.54) is 12.8 Å². The minimum atomic E-state index is -3.10. The van der Waals surface area contributed by atoms with E-state index in [2.05, 4.69) is 4.72 Å². The van der Waals surface area contributed by atoms with Crippen LogP contribution in [0.3, 0.4) is 0 Å². The lowest BCUT2D eigenvalue weighted by Crippen LogP contribution is -2.31. The van der Waals surface area contributed by atoms with Crippen molar-refractivity contribution in [3.63, 3.8) is 0 Å². The number of hydrogen-bond donors (Lipinski definition) is 1. The van der Waals surface area contributed by atoms with Gasteiger partial charge in [0.25, 0.3) is 0 Å². The van der Waals surface area contributed by atoms with Crippen molar-refractivity contribution >= 4 is 21.6 Å². The van der Waals surface area contributed by atoms with Crippen molar-refractivity contribution in [3.05, 3.63) is 0 Å². The molecule has 1 aliphatic carbocycles. The van der Waals surface area contributed by atoms with Gasteiger partial charge in [-0.15, -0.1) is 11.6 Å². The first-order chi connectivity index (χ1) is 6.14. The maximum absolute atomic E-state index is 11.2. The van der Waals surface area contributed by atoms with Crippen LogP contribution in [0.4, 0.5) is 0 Å². The zero-order valence-electron chi connectivity index (χ0n) is 7.63. The van der Waals surface area contributed by atoms with Crippen molar-refractivity contribution in [3.8, 4) is 0 Å². The standard InChI is InChI=1S/C8H16ClNO2S/c9-5-6-13(11,12)10-7-8-3-1-2-4-8/h8,10H,1-7H2. The van der Waals surface area contributed by atoms with Crippen molar-refractivity contribution in [1.82, 2.24) is 4.72 Å².